The number of fused-ring (bicyclic) bond motifs is 1. The zero-order valence-corrected chi connectivity index (χ0v) is 27.2. The molecule has 4 N–H and O–H groups in total. The van der Waals surface area contributed by atoms with Crippen LogP contribution in [0.4, 0.5) is 21.1 Å². The van der Waals surface area contributed by atoms with Gasteiger partial charge in [-0.05, 0) is 71.1 Å². The van der Waals surface area contributed by atoms with Crippen molar-refractivity contribution in [3.63, 3.8) is 0 Å². The molecule has 1 aliphatic heterocycles. The van der Waals surface area contributed by atoms with Crippen molar-refractivity contribution >= 4 is 46.5 Å². The van der Waals surface area contributed by atoms with Crippen molar-refractivity contribution < 1.29 is 28.7 Å². The number of aromatic amines is 1. The number of hydrogen-bond acceptors (Lipinski definition) is 9. The van der Waals surface area contributed by atoms with E-state index in [4.69, 9.17) is 9.47 Å². The second-order valence-corrected chi connectivity index (χ2v) is 13.3. The molecule has 246 valence electrons. The summed E-state index contributed by atoms with van der Waals surface area (Å²) in [6, 6.07) is 6.60. The van der Waals surface area contributed by atoms with Crippen molar-refractivity contribution in [1.29, 1.82) is 0 Å². The number of benzene rings is 1. The number of alkyl carbamates (subject to hydrolysis) is 1. The fourth-order valence-corrected chi connectivity index (χ4v) is 5.51. The van der Waals surface area contributed by atoms with Gasteiger partial charge < -0.3 is 40.2 Å². The third-order valence-corrected chi connectivity index (χ3v) is 8.32. The minimum atomic E-state index is -1.07. The molecule has 2 aliphatic rings. The highest BCUT2D eigenvalue weighted by atomic mass is 16.6. The van der Waals surface area contributed by atoms with E-state index in [-0.39, 0.29) is 24.1 Å². The number of carbonyl (C=O) groups excluding carboxylic acids is 4. The summed E-state index contributed by atoms with van der Waals surface area (Å²) < 4.78 is 10.7. The Hall–Kier alpha value is -4.88. The van der Waals surface area contributed by atoms with E-state index < -0.39 is 28.7 Å². The third kappa shape index (κ3) is 7.16. The van der Waals surface area contributed by atoms with Gasteiger partial charge in [-0.25, -0.2) is 19.6 Å². The fourth-order valence-electron chi connectivity index (χ4n) is 5.51. The van der Waals surface area contributed by atoms with Gasteiger partial charge in [0.15, 0.2) is 0 Å². The Bertz CT molecular complexity index is 1630. The molecule has 0 atom stereocenters. The summed E-state index contributed by atoms with van der Waals surface area (Å²) in [6.07, 6.45) is 3.99. The Morgan fingerprint density at radius 2 is 1.76 bits per heavy atom. The van der Waals surface area contributed by atoms with Crippen molar-refractivity contribution in [2.45, 2.75) is 64.5 Å². The molecule has 1 aromatic carbocycles. The van der Waals surface area contributed by atoms with Crippen LogP contribution in [0, 0.1) is 12.3 Å². The highest BCUT2D eigenvalue weighted by Gasteiger charge is 2.53. The predicted molar refractivity (Wildman–Crippen MR) is 172 cm³/mol. The minimum absolute atomic E-state index is 0.0565. The van der Waals surface area contributed by atoms with Crippen LogP contribution in [0.2, 0.25) is 0 Å². The van der Waals surface area contributed by atoms with Crippen LogP contribution >= 0.6 is 0 Å². The summed E-state index contributed by atoms with van der Waals surface area (Å²) in [5.41, 5.74) is -0.537. The molecule has 5 rings (SSSR count). The predicted octanol–water partition coefficient (Wildman–Crippen LogP) is 3.73. The Morgan fingerprint density at radius 1 is 1.04 bits per heavy atom. The number of anilines is 2. The van der Waals surface area contributed by atoms with Crippen LogP contribution in [0.3, 0.4) is 0 Å². The molecular weight excluding hydrogens is 592 g/mol. The molecular formula is C32H42N8O6. The van der Waals surface area contributed by atoms with Gasteiger partial charge in [-0.2, -0.15) is 0 Å². The summed E-state index contributed by atoms with van der Waals surface area (Å²) >= 11 is 0. The van der Waals surface area contributed by atoms with E-state index in [0.29, 0.717) is 44.5 Å². The molecule has 0 radical (unpaired) electrons. The number of nitrogens with zero attached hydrogens (tertiary/aromatic N) is 4. The van der Waals surface area contributed by atoms with Crippen molar-refractivity contribution in [2.24, 2.45) is 5.41 Å². The quantitative estimate of drug-likeness (QED) is 0.288. The summed E-state index contributed by atoms with van der Waals surface area (Å²) in [5.74, 6) is 0.438. The number of H-pyrrole nitrogens is 1. The Labute approximate surface area is 267 Å². The van der Waals surface area contributed by atoms with Crippen molar-refractivity contribution in [1.82, 2.24) is 30.5 Å². The molecule has 46 heavy (non-hydrogen) atoms. The monoisotopic (exact) mass is 634 g/mol. The Morgan fingerprint density at radius 3 is 2.41 bits per heavy atom. The van der Waals surface area contributed by atoms with E-state index in [2.05, 4.69) is 35.8 Å². The van der Waals surface area contributed by atoms with Crippen molar-refractivity contribution in [2.75, 3.05) is 43.9 Å². The van der Waals surface area contributed by atoms with Gasteiger partial charge >= 0.3 is 12.2 Å². The van der Waals surface area contributed by atoms with E-state index in [1.165, 1.54) is 11.2 Å². The number of aromatic nitrogens is 3. The second-order valence-electron chi connectivity index (χ2n) is 13.3. The number of piperidine rings is 1. The first kappa shape index (κ1) is 32.5. The summed E-state index contributed by atoms with van der Waals surface area (Å²) in [6.45, 7) is 8.32. The lowest BCUT2D eigenvalue weighted by molar-refractivity contribution is -0.129. The zero-order chi connectivity index (χ0) is 33.3. The molecule has 1 aliphatic carbocycles. The molecule has 0 spiro atoms. The molecule has 0 bridgehead atoms. The average molecular weight is 635 g/mol. The van der Waals surface area contributed by atoms with E-state index in [0.717, 1.165) is 22.4 Å². The van der Waals surface area contributed by atoms with E-state index >= 15 is 0 Å². The number of aryl methyl sites for hydroxylation is 1. The number of ether oxygens (including phenoxy) is 2. The first-order valence-electron chi connectivity index (χ1n) is 15.3. The molecule has 4 amide bonds. The van der Waals surface area contributed by atoms with Crippen molar-refractivity contribution in [3.8, 4) is 5.75 Å². The smallest absolute Gasteiger partial charge is 0.414 e. The highest BCUT2D eigenvalue weighted by molar-refractivity contribution is 5.98. The lowest BCUT2D eigenvalue weighted by Gasteiger charge is -2.41. The summed E-state index contributed by atoms with van der Waals surface area (Å²) in [7, 11) is 3.16. The van der Waals surface area contributed by atoms with Crippen LogP contribution in [0.25, 0.3) is 11.0 Å². The molecule has 3 heterocycles. The largest absolute Gasteiger partial charge is 0.444 e. The minimum Gasteiger partial charge on any atom is -0.444 e. The fraction of sp³-hybridized carbons (Fsp3) is 0.500. The number of hydrogen-bond donors (Lipinski definition) is 4. The molecule has 0 unspecified atom stereocenters. The third-order valence-electron chi connectivity index (χ3n) is 8.32. The first-order chi connectivity index (χ1) is 21.7. The molecule has 2 aromatic heterocycles. The second kappa shape index (κ2) is 12.5. The summed E-state index contributed by atoms with van der Waals surface area (Å²) in [5, 5.41) is 9.62. The standard InChI is InChI=1S/C32H42N8O6/c1-20-17-33-24-23(20)25(36-19-35-24)40-14-12-31(13-15-40,18-34-27(42)32(10-11-32)38-28(43)46-30(2,3)4)26(41)37-21-8-7-9-22(16-21)45-29(44)39(5)6/h7-9,16-17,19H,10-15,18H2,1-6H3,(H,34,42)(H,37,41)(H,38,43)(H,33,35,36). The van der Waals surface area contributed by atoms with Crippen molar-refractivity contribution in [3.05, 3.63) is 42.4 Å². The van der Waals surface area contributed by atoms with Gasteiger partial charge in [0.2, 0.25) is 11.8 Å². The maximum Gasteiger partial charge on any atom is 0.414 e. The molecule has 3 aromatic rings. The summed E-state index contributed by atoms with van der Waals surface area (Å²) in [4.78, 5) is 67.6. The number of carbonyl (C=O) groups is 4. The van der Waals surface area contributed by atoms with Gasteiger partial charge in [-0.1, -0.05) is 6.07 Å². The number of nitrogens with one attached hydrogen (secondary N) is 4. The van der Waals surface area contributed by atoms with Gasteiger partial charge in [0.1, 0.15) is 34.7 Å². The topological polar surface area (TPSA) is 171 Å². The number of amides is 4. The van der Waals surface area contributed by atoms with Gasteiger partial charge in [-0.3, -0.25) is 9.59 Å². The normalized spacial score (nSPS) is 16.7. The zero-order valence-electron chi connectivity index (χ0n) is 27.2. The molecule has 2 fully saturated rings. The van der Waals surface area contributed by atoms with Crippen LogP contribution < -0.4 is 25.6 Å². The Balaban J connectivity index is 1.34. The number of rotatable bonds is 8. The molecule has 1 saturated carbocycles. The molecule has 14 nitrogen and oxygen atoms in total. The first-order valence-corrected chi connectivity index (χ1v) is 15.3. The molecule has 1 saturated heterocycles. The SMILES string of the molecule is Cc1c[nH]c2ncnc(N3CCC(CNC(=O)C4(NC(=O)OC(C)(C)C)CC4)(C(=O)Nc4cccc(OC(=O)N(C)C)c4)CC3)c12. The van der Waals surface area contributed by atoms with Gasteiger partial charge in [0.05, 0.1) is 10.8 Å². The lowest BCUT2D eigenvalue weighted by atomic mass is 9.77. The molecule has 14 heteroatoms. The van der Waals surface area contributed by atoms with Gasteiger partial charge in [0, 0.05) is 51.7 Å². The van der Waals surface area contributed by atoms with Crippen LogP contribution in [-0.2, 0) is 14.3 Å². The van der Waals surface area contributed by atoms with Crippen LogP contribution in [0.5, 0.6) is 5.75 Å². The maximum atomic E-state index is 14.1. The van der Waals surface area contributed by atoms with E-state index in [9.17, 15) is 19.2 Å². The Kier molecular flexibility index (Phi) is 8.83. The average Bonchev–Trinajstić information content (AvgIpc) is 3.68. The van der Waals surface area contributed by atoms with Crippen LogP contribution in [-0.4, -0.2) is 88.7 Å². The van der Waals surface area contributed by atoms with E-state index in [1.807, 2.05) is 13.1 Å². The lowest BCUT2D eigenvalue weighted by Crippen LogP contribution is -2.56. The van der Waals surface area contributed by atoms with Gasteiger partial charge in [-0.15, -0.1) is 0 Å². The highest BCUT2D eigenvalue weighted by Crippen LogP contribution is 2.39. The van der Waals surface area contributed by atoms with Crippen LogP contribution in [0.1, 0.15) is 52.0 Å². The van der Waals surface area contributed by atoms with Crippen LogP contribution in [0.15, 0.2) is 36.8 Å². The maximum absolute atomic E-state index is 14.1. The van der Waals surface area contributed by atoms with E-state index in [1.54, 1.807) is 59.1 Å². The van der Waals surface area contributed by atoms with Gasteiger partial charge in [0.25, 0.3) is 0 Å².